The molecule has 14 nitrogen and oxygen atoms in total. The van der Waals surface area contributed by atoms with E-state index in [1.165, 1.54) is 24.3 Å². The van der Waals surface area contributed by atoms with E-state index in [2.05, 4.69) is 10.5 Å². The van der Waals surface area contributed by atoms with Crippen LogP contribution in [0.2, 0.25) is 0 Å². The summed E-state index contributed by atoms with van der Waals surface area (Å²) < 4.78 is 10.6. The van der Waals surface area contributed by atoms with Crippen LogP contribution in [0.4, 0.5) is 0 Å². The molecule has 2 rings (SSSR count). The fraction of sp³-hybridized carbons (Fsp3) is 0.619. The number of hydrazone groups is 1. The van der Waals surface area contributed by atoms with Gasteiger partial charge < -0.3 is 55.4 Å². The summed E-state index contributed by atoms with van der Waals surface area (Å²) in [4.78, 5) is 12.0. The molecule has 1 amide bonds. The second-order valence-corrected chi connectivity index (χ2v) is 8.04. The maximum Gasteiger partial charge on any atom is 0.275 e. The molecule has 0 bridgehead atoms. The van der Waals surface area contributed by atoms with Crippen LogP contribution in [0, 0.1) is 5.92 Å². The van der Waals surface area contributed by atoms with Crippen molar-refractivity contribution in [2.45, 2.75) is 48.8 Å². The zero-order chi connectivity index (χ0) is 26.1. The van der Waals surface area contributed by atoms with E-state index in [-0.39, 0.29) is 17.9 Å². The number of para-hydroxylation sites is 1. The number of ether oxygens (including phenoxy) is 2. The molecular weight excluding hydrogens is 472 g/mol. The average Bonchev–Trinajstić information content (AvgIpc) is 2.85. The molecule has 14 heteroatoms. The van der Waals surface area contributed by atoms with Gasteiger partial charge in [0.05, 0.1) is 50.4 Å². The highest BCUT2D eigenvalue weighted by atomic mass is 16.6. The van der Waals surface area contributed by atoms with Gasteiger partial charge in [0.15, 0.2) is 0 Å². The zero-order valence-corrected chi connectivity index (χ0v) is 18.6. The lowest BCUT2D eigenvalue weighted by Gasteiger charge is -2.40. The maximum absolute atomic E-state index is 12.0. The van der Waals surface area contributed by atoms with Crippen LogP contribution in [0.3, 0.4) is 0 Å². The number of aromatic hydroxyl groups is 1. The first kappa shape index (κ1) is 29.0. The molecule has 1 aliphatic heterocycles. The zero-order valence-electron chi connectivity index (χ0n) is 18.6. The number of aliphatic hydroxyl groups excluding tert-OH is 8. The first-order valence-electron chi connectivity index (χ1n) is 10.8. The van der Waals surface area contributed by atoms with Crippen molar-refractivity contribution in [2.75, 3.05) is 26.4 Å². The summed E-state index contributed by atoms with van der Waals surface area (Å²) in [5.41, 5.74) is 1.99. The van der Waals surface area contributed by atoms with Crippen LogP contribution < -0.4 is 5.43 Å². The van der Waals surface area contributed by atoms with Crippen molar-refractivity contribution >= 4 is 12.1 Å². The van der Waals surface area contributed by atoms with Crippen LogP contribution in [-0.4, -0.2) is 133 Å². The van der Waals surface area contributed by atoms with E-state index in [1.807, 2.05) is 0 Å². The Bertz CT molecular complexity index is 825. The molecule has 0 aliphatic carbocycles. The van der Waals surface area contributed by atoms with E-state index < -0.39 is 80.5 Å². The summed E-state index contributed by atoms with van der Waals surface area (Å²) in [5.74, 6) is -2.33. The van der Waals surface area contributed by atoms with E-state index in [1.54, 1.807) is 0 Å². The van der Waals surface area contributed by atoms with Crippen LogP contribution in [0.5, 0.6) is 5.75 Å². The topological polar surface area (TPSA) is 242 Å². The molecular formula is C21H32N2O12. The number of aliphatic hydroxyl groups is 8. The van der Waals surface area contributed by atoms with E-state index in [0.29, 0.717) is 0 Å². The lowest BCUT2D eigenvalue weighted by atomic mass is 9.93. The second-order valence-electron chi connectivity index (χ2n) is 8.04. The molecule has 1 aliphatic rings. The van der Waals surface area contributed by atoms with Crippen molar-refractivity contribution < 1.29 is 60.2 Å². The fourth-order valence-corrected chi connectivity index (χ4v) is 3.45. The highest BCUT2D eigenvalue weighted by molar-refractivity contribution is 5.96. The highest BCUT2D eigenvalue weighted by Gasteiger charge is 2.43. The molecule has 0 radical (unpaired) electrons. The minimum Gasteiger partial charge on any atom is -0.507 e. The summed E-state index contributed by atoms with van der Waals surface area (Å²) in [5, 5.41) is 92.0. The van der Waals surface area contributed by atoms with Gasteiger partial charge in [-0.25, -0.2) is 5.43 Å². The number of benzene rings is 1. The van der Waals surface area contributed by atoms with Crippen molar-refractivity contribution in [3.8, 4) is 5.75 Å². The second kappa shape index (κ2) is 13.7. The molecule has 10 N–H and O–H groups in total. The smallest absolute Gasteiger partial charge is 0.275 e. The van der Waals surface area contributed by atoms with Gasteiger partial charge in [0.1, 0.15) is 42.4 Å². The lowest BCUT2D eigenvalue weighted by Crippen LogP contribution is -2.59. The minimum absolute atomic E-state index is 0.0742. The number of phenols is 1. The molecule has 0 spiro atoms. The van der Waals surface area contributed by atoms with Gasteiger partial charge in [-0.3, -0.25) is 4.79 Å². The Morgan fingerprint density at radius 3 is 2.37 bits per heavy atom. The first-order valence-corrected chi connectivity index (χ1v) is 10.8. The number of phenolic OH excluding ortho intramolecular Hbond substituents is 1. The maximum atomic E-state index is 12.0. The van der Waals surface area contributed by atoms with Crippen molar-refractivity contribution in [1.29, 1.82) is 0 Å². The van der Waals surface area contributed by atoms with E-state index in [0.717, 1.165) is 6.21 Å². The van der Waals surface area contributed by atoms with Crippen molar-refractivity contribution in [3.05, 3.63) is 29.8 Å². The molecule has 0 aromatic heterocycles. The largest absolute Gasteiger partial charge is 0.507 e. The normalized spacial score (nSPS) is 28.4. The molecule has 1 heterocycles. The number of nitrogens with one attached hydrogen (secondary N) is 1. The Hall–Kier alpha value is -2.24. The van der Waals surface area contributed by atoms with Gasteiger partial charge in [-0.1, -0.05) is 12.1 Å². The van der Waals surface area contributed by atoms with E-state index >= 15 is 0 Å². The number of nitrogens with zero attached hydrogens (tertiary/aromatic N) is 1. The standard InChI is InChI=1S/C21H32N2O12/c24-6-14(28)11(8-34-9-16-19(31)20(32)18(30)15(7-25)35-16)17(29)13(27)5-22-23-21(33)10-3-1-2-4-12(10)26/h1-5,11,13-20,24-32H,6-9H2,(H,23,33)/b22-5-/t11-,13+,14-,15-,16+,17-,18+,19-,20+/m1/s1. The van der Waals surface area contributed by atoms with E-state index in [9.17, 15) is 50.8 Å². The minimum atomic E-state index is -1.72. The highest BCUT2D eigenvalue weighted by Crippen LogP contribution is 2.22. The summed E-state index contributed by atoms with van der Waals surface area (Å²) >= 11 is 0. The van der Waals surface area contributed by atoms with Gasteiger partial charge in [0.2, 0.25) is 0 Å². The monoisotopic (exact) mass is 504 g/mol. The van der Waals surface area contributed by atoms with Gasteiger partial charge in [0, 0.05) is 5.92 Å². The molecule has 1 aromatic carbocycles. The van der Waals surface area contributed by atoms with Gasteiger partial charge >= 0.3 is 0 Å². The quantitative estimate of drug-likeness (QED) is 0.0959. The van der Waals surface area contributed by atoms with Crippen LogP contribution in [0.15, 0.2) is 29.4 Å². The number of hydrogen-bond donors (Lipinski definition) is 10. The number of amides is 1. The van der Waals surface area contributed by atoms with Gasteiger partial charge in [-0.05, 0) is 12.1 Å². The molecule has 1 saturated heterocycles. The molecule has 198 valence electrons. The predicted octanol–water partition coefficient (Wildman–Crippen LogP) is -4.34. The lowest BCUT2D eigenvalue weighted by molar-refractivity contribution is -0.240. The third-order valence-electron chi connectivity index (χ3n) is 5.60. The third-order valence-corrected chi connectivity index (χ3v) is 5.60. The van der Waals surface area contributed by atoms with Crippen molar-refractivity contribution in [3.63, 3.8) is 0 Å². The Balaban J connectivity index is 1.93. The Kier molecular flexibility index (Phi) is 11.4. The number of carbonyl (C=O) groups is 1. The average molecular weight is 504 g/mol. The summed E-state index contributed by atoms with van der Waals surface area (Å²) in [6.45, 7) is -2.26. The van der Waals surface area contributed by atoms with Crippen molar-refractivity contribution in [1.82, 2.24) is 5.43 Å². The molecule has 35 heavy (non-hydrogen) atoms. The SMILES string of the molecule is O=C(N/N=C\[C@H](O)[C@H](O)[C@H](COC[C@@H]1O[C@H](CO)[C@H](O)[C@H](O)[C@@H]1O)[C@H](O)CO)c1ccccc1O. The Labute approximate surface area is 200 Å². The summed E-state index contributed by atoms with van der Waals surface area (Å²) in [6, 6.07) is 5.66. The molecule has 0 unspecified atom stereocenters. The van der Waals surface area contributed by atoms with Crippen LogP contribution in [0.1, 0.15) is 10.4 Å². The molecule has 1 aromatic rings. The van der Waals surface area contributed by atoms with E-state index in [4.69, 9.17) is 9.47 Å². The molecule has 1 fully saturated rings. The van der Waals surface area contributed by atoms with Crippen LogP contribution >= 0.6 is 0 Å². The molecule has 0 saturated carbocycles. The Morgan fingerprint density at radius 2 is 1.74 bits per heavy atom. The van der Waals surface area contributed by atoms with Gasteiger partial charge in [0.25, 0.3) is 5.91 Å². The fourth-order valence-electron chi connectivity index (χ4n) is 3.45. The van der Waals surface area contributed by atoms with Crippen LogP contribution in [0.25, 0.3) is 0 Å². The van der Waals surface area contributed by atoms with Crippen LogP contribution in [-0.2, 0) is 9.47 Å². The third kappa shape index (κ3) is 7.62. The summed E-state index contributed by atoms with van der Waals surface area (Å²) in [6.07, 6.45) is -11.2. The molecule has 9 atom stereocenters. The van der Waals surface area contributed by atoms with Gasteiger partial charge in [-0.15, -0.1) is 0 Å². The van der Waals surface area contributed by atoms with Crippen molar-refractivity contribution in [2.24, 2.45) is 11.0 Å². The predicted molar refractivity (Wildman–Crippen MR) is 117 cm³/mol. The first-order chi connectivity index (χ1) is 16.6. The number of rotatable bonds is 12. The number of carbonyl (C=O) groups excluding carboxylic acids is 1. The Morgan fingerprint density at radius 1 is 1.09 bits per heavy atom. The van der Waals surface area contributed by atoms with Gasteiger partial charge in [-0.2, -0.15) is 5.10 Å². The summed E-state index contributed by atoms with van der Waals surface area (Å²) in [7, 11) is 0. The number of hydrogen-bond acceptors (Lipinski definition) is 13.